The molecule has 92 valence electrons. The monoisotopic (exact) mass is 254 g/mol. The maximum Gasteiger partial charge on any atom is 0.326 e. The maximum atomic E-state index is 11.5. The van der Waals surface area contributed by atoms with Crippen LogP contribution in [-0.4, -0.2) is 33.8 Å². The number of aromatic nitrogens is 1. The van der Waals surface area contributed by atoms with Crippen molar-refractivity contribution in [2.24, 2.45) is 0 Å². The Morgan fingerprint density at radius 3 is 2.82 bits per heavy atom. The summed E-state index contributed by atoms with van der Waals surface area (Å²) in [6, 6.07) is 4.61. The summed E-state index contributed by atoms with van der Waals surface area (Å²) in [6.45, 7) is 1.71. The zero-order valence-corrected chi connectivity index (χ0v) is 10.2. The number of aliphatic carboxylic acids is 1. The van der Waals surface area contributed by atoms with Crippen molar-refractivity contribution in [3.63, 3.8) is 0 Å². The Balaban J connectivity index is 2.37. The summed E-state index contributed by atoms with van der Waals surface area (Å²) >= 11 is 1.28. The van der Waals surface area contributed by atoms with E-state index in [9.17, 15) is 9.59 Å². The first kappa shape index (κ1) is 13.5. The molecule has 1 aromatic heterocycles. The maximum absolute atomic E-state index is 11.5. The summed E-state index contributed by atoms with van der Waals surface area (Å²) in [4.78, 5) is 26.2. The molecule has 1 rings (SSSR count). The van der Waals surface area contributed by atoms with Gasteiger partial charge in [-0.15, -0.1) is 0 Å². The van der Waals surface area contributed by atoms with E-state index in [4.69, 9.17) is 5.11 Å². The number of carbonyl (C=O) groups is 2. The van der Waals surface area contributed by atoms with Crippen LogP contribution < -0.4 is 5.32 Å². The van der Waals surface area contributed by atoms with Gasteiger partial charge in [0.25, 0.3) is 0 Å². The molecule has 0 aliphatic heterocycles. The van der Waals surface area contributed by atoms with Crippen LogP contribution in [-0.2, 0) is 9.59 Å². The number of carbonyl (C=O) groups excluding carboxylic acids is 1. The van der Waals surface area contributed by atoms with Gasteiger partial charge in [-0.05, 0) is 18.6 Å². The molecule has 1 aromatic rings. The molecule has 1 heterocycles. The van der Waals surface area contributed by atoms with Gasteiger partial charge in [0.2, 0.25) is 5.91 Å². The molecule has 0 spiro atoms. The molecule has 1 atom stereocenters. The third-order valence-electron chi connectivity index (χ3n) is 2.03. The van der Waals surface area contributed by atoms with Crippen LogP contribution in [0.1, 0.15) is 13.3 Å². The number of hydrogen-bond acceptors (Lipinski definition) is 4. The molecule has 17 heavy (non-hydrogen) atoms. The highest BCUT2D eigenvalue weighted by atomic mass is 32.2. The van der Waals surface area contributed by atoms with Crippen molar-refractivity contribution >= 4 is 23.6 Å². The van der Waals surface area contributed by atoms with E-state index >= 15 is 0 Å². The smallest absolute Gasteiger partial charge is 0.326 e. The fourth-order valence-electron chi connectivity index (χ4n) is 1.15. The highest BCUT2D eigenvalue weighted by molar-refractivity contribution is 7.99. The van der Waals surface area contributed by atoms with Gasteiger partial charge >= 0.3 is 5.97 Å². The minimum atomic E-state index is -1.01. The van der Waals surface area contributed by atoms with Crippen LogP contribution >= 0.6 is 11.8 Å². The molecule has 1 unspecified atom stereocenters. The van der Waals surface area contributed by atoms with Crippen LogP contribution in [0.25, 0.3) is 0 Å². The topological polar surface area (TPSA) is 79.3 Å². The van der Waals surface area contributed by atoms with Crippen molar-refractivity contribution in [1.82, 2.24) is 10.3 Å². The van der Waals surface area contributed by atoms with Gasteiger partial charge in [-0.25, -0.2) is 9.78 Å². The Morgan fingerprint density at radius 2 is 2.29 bits per heavy atom. The Hall–Kier alpha value is -1.56. The number of nitrogens with zero attached hydrogens (tertiary/aromatic N) is 1. The van der Waals surface area contributed by atoms with E-state index in [2.05, 4.69) is 10.3 Å². The average Bonchev–Trinajstić information content (AvgIpc) is 2.34. The standard InChI is InChI=1S/C11H14N2O3S/c1-2-8(11(15)16)13-9(14)7-17-10-5-3-4-6-12-10/h3-6,8H,2,7H2,1H3,(H,13,14)(H,15,16). The lowest BCUT2D eigenvalue weighted by Gasteiger charge is -2.11. The van der Waals surface area contributed by atoms with E-state index < -0.39 is 12.0 Å². The molecule has 0 bridgehead atoms. The fraction of sp³-hybridized carbons (Fsp3) is 0.364. The van der Waals surface area contributed by atoms with Crippen LogP contribution in [0.15, 0.2) is 29.4 Å². The van der Waals surface area contributed by atoms with Gasteiger partial charge < -0.3 is 10.4 Å². The molecule has 1 amide bonds. The van der Waals surface area contributed by atoms with Crippen molar-refractivity contribution in [3.05, 3.63) is 24.4 Å². The number of nitrogens with one attached hydrogen (secondary N) is 1. The minimum Gasteiger partial charge on any atom is -0.480 e. The summed E-state index contributed by atoms with van der Waals surface area (Å²) < 4.78 is 0. The fourth-order valence-corrected chi connectivity index (χ4v) is 1.82. The van der Waals surface area contributed by atoms with Gasteiger partial charge in [-0.1, -0.05) is 24.8 Å². The lowest BCUT2D eigenvalue weighted by Crippen LogP contribution is -2.41. The predicted molar refractivity (Wildman–Crippen MR) is 64.8 cm³/mol. The van der Waals surface area contributed by atoms with E-state index in [1.54, 1.807) is 25.3 Å². The van der Waals surface area contributed by atoms with Crippen molar-refractivity contribution < 1.29 is 14.7 Å². The number of carboxylic acids is 1. The third-order valence-corrected chi connectivity index (χ3v) is 2.97. The SMILES string of the molecule is CCC(NC(=O)CSc1ccccn1)C(=O)O. The summed E-state index contributed by atoms with van der Waals surface area (Å²) in [5, 5.41) is 12.0. The van der Waals surface area contributed by atoms with Gasteiger partial charge in [0.1, 0.15) is 6.04 Å². The van der Waals surface area contributed by atoms with Crippen LogP contribution in [0.2, 0.25) is 0 Å². The Kier molecular flexibility index (Phi) is 5.48. The quantitative estimate of drug-likeness (QED) is 0.744. The number of amides is 1. The second-order valence-corrected chi connectivity index (χ2v) is 4.32. The summed E-state index contributed by atoms with van der Waals surface area (Å²) in [5.74, 6) is -1.14. The second-order valence-electron chi connectivity index (χ2n) is 3.32. The first-order chi connectivity index (χ1) is 8.13. The summed E-state index contributed by atoms with van der Waals surface area (Å²) in [6.07, 6.45) is 2.02. The van der Waals surface area contributed by atoms with Crippen LogP contribution in [0.3, 0.4) is 0 Å². The van der Waals surface area contributed by atoms with Gasteiger partial charge in [-0.3, -0.25) is 4.79 Å². The highest BCUT2D eigenvalue weighted by Crippen LogP contribution is 2.13. The molecule has 0 aliphatic carbocycles. The largest absolute Gasteiger partial charge is 0.480 e. The first-order valence-electron chi connectivity index (χ1n) is 5.19. The van der Waals surface area contributed by atoms with Gasteiger partial charge in [0, 0.05) is 6.20 Å². The molecular weight excluding hydrogens is 240 g/mol. The molecule has 0 saturated heterocycles. The van der Waals surface area contributed by atoms with Crippen molar-refractivity contribution in [3.8, 4) is 0 Å². The van der Waals surface area contributed by atoms with Crippen LogP contribution in [0.4, 0.5) is 0 Å². The number of rotatable bonds is 6. The van der Waals surface area contributed by atoms with Crippen LogP contribution in [0.5, 0.6) is 0 Å². The molecule has 0 saturated carbocycles. The molecule has 5 nitrogen and oxygen atoms in total. The third kappa shape index (κ3) is 4.86. The molecule has 0 radical (unpaired) electrons. The Labute approximate surface area is 104 Å². The summed E-state index contributed by atoms with van der Waals surface area (Å²) in [5.41, 5.74) is 0. The van der Waals surface area contributed by atoms with Crippen molar-refractivity contribution in [2.75, 3.05) is 5.75 Å². The minimum absolute atomic E-state index is 0.167. The number of thioether (sulfide) groups is 1. The zero-order valence-electron chi connectivity index (χ0n) is 9.42. The highest BCUT2D eigenvalue weighted by Gasteiger charge is 2.17. The normalized spacial score (nSPS) is 11.8. The number of carboxylic acid groups (broad SMARTS) is 1. The lowest BCUT2D eigenvalue weighted by atomic mass is 10.2. The van der Waals surface area contributed by atoms with Crippen molar-refractivity contribution in [2.45, 2.75) is 24.4 Å². The van der Waals surface area contributed by atoms with E-state index in [-0.39, 0.29) is 11.7 Å². The number of hydrogen-bond donors (Lipinski definition) is 2. The van der Waals surface area contributed by atoms with E-state index in [1.165, 1.54) is 11.8 Å². The second kappa shape index (κ2) is 6.90. The van der Waals surface area contributed by atoms with E-state index in [1.807, 2.05) is 6.07 Å². The van der Waals surface area contributed by atoms with Gasteiger partial charge in [0.15, 0.2) is 0 Å². The molecule has 0 aromatic carbocycles. The average molecular weight is 254 g/mol. The first-order valence-corrected chi connectivity index (χ1v) is 6.18. The Bertz CT molecular complexity index is 384. The molecule has 2 N–H and O–H groups in total. The van der Waals surface area contributed by atoms with Gasteiger partial charge in [-0.2, -0.15) is 0 Å². The zero-order chi connectivity index (χ0) is 12.7. The van der Waals surface area contributed by atoms with Crippen molar-refractivity contribution in [1.29, 1.82) is 0 Å². The molecule has 0 aliphatic rings. The predicted octanol–water partition coefficient (Wildman–Crippen LogP) is 1.15. The lowest BCUT2D eigenvalue weighted by molar-refractivity contribution is -0.141. The van der Waals surface area contributed by atoms with E-state index in [0.29, 0.717) is 6.42 Å². The molecular formula is C11H14N2O3S. The van der Waals surface area contributed by atoms with Crippen LogP contribution in [0, 0.1) is 0 Å². The molecule has 0 fully saturated rings. The van der Waals surface area contributed by atoms with E-state index in [0.717, 1.165) is 5.03 Å². The van der Waals surface area contributed by atoms with Gasteiger partial charge in [0.05, 0.1) is 10.8 Å². The molecule has 6 heteroatoms. The Morgan fingerprint density at radius 1 is 1.53 bits per heavy atom. The number of pyridine rings is 1. The summed E-state index contributed by atoms with van der Waals surface area (Å²) in [7, 11) is 0.